The van der Waals surface area contributed by atoms with Crippen molar-refractivity contribution in [2.75, 3.05) is 0 Å². The molecule has 2 aromatic rings. The molecule has 1 amide bonds. The van der Waals surface area contributed by atoms with Crippen molar-refractivity contribution >= 4 is 15.9 Å². The number of rotatable bonds is 6. The van der Waals surface area contributed by atoms with Crippen LogP contribution >= 0.6 is 0 Å². The van der Waals surface area contributed by atoms with E-state index in [2.05, 4.69) is 4.98 Å². The number of hydrogen-bond donors (Lipinski definition) is 1. The molecule has 1 aromatic carbocycles. The van der Waals surface area contributed by atoms with Crippen molar-refractivity contribution in [3.8, 4) is 0 Å². The van der Waals surface area contributed by atoms with Gasteiger partial charge in [-0.2, -0.15) is 0 Å². The Labute approximate surface area is 148 Å². The lowest BCUT2D eigenvalue weighted by Gasteiger charge is -2.29. The zero-order valence-electron chi connectivity index (χ0n) is 14.6. The van der Waals surface area contributed by atoms with Gasteiger partial charge in [-0.15, -0.1) is 0 Å². The van der Waals surface area contributed by atoms with E-state index in [0.717, 1.165) is 12.0 Å². The maximum absolute atomic E-state index is 13.1. The Hall–Kier alpha value is -2.25. The lowest BCUT2D eigenvalue weighted by atomic mass is 10.1. The minimum Gasteiger partial charge on any atom is -0.332 e. The van der Waals surface area contributed by atoms with E-state index in [1.54, 1.807) is 30.3 Å². The summed E-state index contributed by atoms with van der Waals surface area (Å²) in [5, 5.41) is 5.20. The third kappa shape index (κ3) is 4.64. The summed E-state index contributed by atoms with van der Waals surface area (Å²) < 4.78 is 23.2. The molecule has 134 valence electrons. The molecule has 6 nitrogen and oxygen atoms in total. The summed E-state index contributed by atoms with van der Waals surface area (Å²) in [6.07, 6.45) is 4.15. The number of amides is 1. The van der Waals surface area contributed by atoms with Crippen LogP contribution in [0.1, 0.15) is 41.8 Å². The topological polar surface area (TPSA) is 93.4 Å². The fraction of sp³-hybridized carbons (Fsp3) is 0.333. The smallest absolute Gasteiger partial charge is 0.254 e. The molecule has 0 radical (unpaired) electrons. The molecule has 2 N–H and O–H groups in total. The van der Waals surface area contributed by atoms with Gasteiger partial charge in [-0.25, -0.2) is 13.6 Å². The summed E-state index contributed by atoms with van der Waals surface area (Å²) in [5.41, 5.74) is 2.02. The Bertz CT molecular complexity index is 851. The highest BCUT2D eigenvalue weighted by Gasteiger charge is 2.23. The molecule has 2 rings (SSSR count). The fourth-order valence-electron chi connectivity index (χ4n) is 2.50. The molecule has 0 bridgehead atoms. The van der Waals surface area contributed by atoms with Crippen LogP contribution in [0.2, 0.25) is 0 Å². The number of benzene rings is 1. The normalized spacial score (nSPS) is 12.6. The van der Waals surface area contributed by atoms with Gasteiger partial charge >= 0.3 is 0 Å². The van der Waals surface area contributed by atoms with Gasteiger partial charge in [0.2, 0.25) is 10.0 Å². The summed E-state index contributed by atoms with van der Waals surface area (Å²) in [5.74, 6) is -0.214. The highest BCUT2D eigenvalue weighted by molar-refractivity contribution is 7.89. The molecule has 7 heteroatoms. The predicted octanol–water partition coefficient (Wildman–Crippen LogP) is 2.48. The van der Waals surface area contributed by atoms with Gasteiger partial charge in [0.15, 0.2) is 0 Å². The lowest BCUT2D eigenvalue weighted by Crippen LogP contribution is -2.38. The molecule has 1 heterocycles. The highest BCUT2D eigenvalue weighted by atomic mass is 32.2. The number of hydrogen-bond acceptors (Lipinski definition) is 4. The number of aromatic nitrogens is 1. The Morgan fingerprint density at radius 1 is 1.24 bits per heavy atom. The van der Waals surface area contributed by atoms with Crippen molar-refractivity contribution in [3.63, 3.8) is 0 Å². The molecule has 0 spiro atoms. The number of pyridine rings is 1. The Balaban J connectivity index is 2.43. The van der Waals surface area contributed by atoms with Crippen LogP contribution in [0.5, 0.6) is 0 Å². The molecule has 0 aliphatic carbocycles. The molecule has 0 aliphatic heterocycles. The number of carbonyl (C=O) groups excluding carboxylic acids is 1. The van der Waals surface area contributed by atoms with Crippen LogP contribution in [0.25, 0.3) is 0 Å². The first-order valence-electron chi connectivity index (χ1n) is 8.07. The van der Waals surface area contributed by atoms with Crippen molar-refractivity contribution in [2.45, 2.75) is 44.7 Å². The third-order valence-corrected chi connectivity index (χ3v) is 5.16. The summed E-state index contributed by atoms with van der Waals surface area (Å²) in [7, 11) is -3.87. The van der Waals surface area contributed by atoms with Crippen LogP contribution < -0.4 is 5.14 Å². The number of primary sulfonamides is 1. The molecular formula is C18H23N3O3S. The lowest BCUT2D eigenvalue weighted by molar-refractivity contribution is 0.0670. The first kappa shape index (κ1) is 19.1. The number of sulfonamides is 1. The van der Waals surface area contributed by atoms with Crippen LogP contribution in [0.3, 0.4) is 0 Å². The Kier molecular flexibility index (Phi) is 5.92. The molecule has 0 aliphatic rings. The Morgan fingerprint density at radius 3 is 2.44 bits per heavy atom. The maximum Gasteiger partial charge on any atom is 0.254 e. The van der Waals surface area contributed by atoms with Crippen LogP contribution in [-0.4, -0.2) is 30.3 Å². The van der Waals surface area contributed by atoms with Crippen LogP contribution in [0, 0.1) is 6.92 Å². The van der Waals surface area contributed by atoms with E-state index in [1.807, 2.05) is 26.0 Å². The van der Waals surface area contributed by atoms with Gasteiger partial charge in [0.25, 0.3) is 5.91 Å². The van der Waals surface area contributed by atoms with Gasteiger partial charge in [-0.1, -0.05) is 13.0 Å². The summed E-state index contributed by atoms with van der Waals surface area (Å²) in [6.45, 7) is 6.18. The maximum atomic E-state index is 13.1. The average molecular weight is 361 g/mol. The quantitative estimate of drug-likeness (QED) is 0.855. The van der Waals surface area contributed by atoms with Gasteiger partial charge < -0.3 is 4.90 Å². The zero-order valence-corrected chi connectivity index (χ0v) is 15.5. The minimum atomic E-state index is -3.87. The van der Waals surface area contributed by atoms with E-state index < -0.39 is 10.0 Å². The number of nitrogens with zero attached hydrogens (tertiary/aromatic N) is 2. The van der Waals surface area contributed by atoms with Gasteiger partial charge in [0.05, 0.1) is 4.90 Å². The van der Waals surface area contributed by atoms with Crippen molar-refractivity contribution in [2.24, 2.45) is 5.14 Å². The second-order valence-electron chi connectivity index (χ2n) is 6.07. The van der Waals surface area contributed by atoms with Gasteiger partial charge in [-0.3, -0.25) is 9.78 Å². The fourth-order valence-corrected chi connectivity index (χ4v) is 3.04. The summed E-state index contributed by atoms with van der Waals surface area (Å²) >= 11 is 0. The van der Waals surface area contributed by atoms with E-state index in [-0.39, 0.29) is 16.8 Å². The van der Waals surface area contributed by atoms with Gasteiger partial charge in [0.1, 0.15) is 0 Å². The molecule has 1 unspecified atom stereocenters. The van der Waals surface area contributed by atoms with E-state index in [4.69, 9.17) is 5.14 Å². The zero-order chi connectivity index (χ0) is 18.6. The van der Waals surface area contributed by atoms with Crippen molar-refractivity contribution in [3.05, 3.63) is 59.4 Å². The molecule has 0 saturated heterocycles. The van der Waals surface area contributed by atoms with E-state index >= 15 is 0 Å². The van der Waals surface area contributed by atoms with Crippen molar-refractivity contribution in [1.29, 1.82) is 0 Å². The summed E-state index contributed by atoms with van der Waals surface area (Å²) in [6, 6.07) is 8.09. The van der Waals surface area contributed by atoms with Crippen molar-refractivity contribution in [1.82, 2.24) is 9.88 Å². The molecule has 1 aromatic heterocycles. The largest absolute Gasteiger partial charge is 0.332 e. The standard InChI is InChI=1S/C18H23N3O3S/c1-4-14(3)21(12-15-7-9-20-10-8-15)18(22)17-11-16(25(19,23)24)6-5-13(17)2/h5-11,14H,4,12H2,1-3H3,(H2,19,23,24). The number of nitrogens with two attached hydrogens (primary N) is 1. The number of carbonyl (C=O) groups is 1. The highest BCUT2D eigenvalue weighted by Crippen LogP contribution is 2.20. The monoisotopic (exact) mass is 361 g/mol. The minimum absolute atomic E-state index is 0.00166. The first-order chi connectivity index (χ1) is 11.7. The second-order valence-corrected chi connectivity index (χ2v) is 7.63. The third-order valence-electron chi connectivity index (χ3n) is 4.25. The van der Waals surface area contributed by atoms with Crippen molar-refractivity contribution < 1.29 is 13.2 Å². The van der Waals surface area contributed by atoms with E-state index in [0.29, 0.717) is 17.7 Å². The van der Waals surface area contributed by atoms with E-state index in [9.17, 15) is 13.2 Å². The molecular weight excluding hydrogens is 338 g/mol. The number of aryl methyl sites for hydroxylation is 1. The SMILES string of the molecule is CCC(C)N(Cc1ccncc1)C(=O)c1cc(S(N)(=O)=O)ccc1C. The first-order valence-corrected chi connectivity index (χ1v) is 9.62. The second kappa shape index (κ2) is 7.76. The molecule has 1 atom stereocenters. The van der Waals surface area contributed by atoms with Gasteiger partial charge in [-0.05, 0) is 55.7 Å². The summed E-state index contributed by atoms with van der Waals surface area (Å²) in [4.78, 5) is 18.8. The van der Waals surface area contributed by atoms with Crippen LogP contribution in [0.15, 0.2) is 47.6 Å². The molecule has 0 fully saturated rings. The average Bonchev–Trinajstić information content (AvgIpc) is 2.58. The van der Waals surface area contributed by atoms with Crippen LogP contribution in [0.4, 0.5) is 0 Å². The Morgan fingerprint density at radius 2 is 1.88 bits per heavy atom. The van der Waals surface area contributed by atoms with E-state index in [1.165, 1.54) is 12.1 Å². The predicted molar refractivity (Wildman–Crippen MR) is 96.4 cm³/mol. The molecule has 0 saturated carbocycles. The van der Waals surface area contributed by atoms with Gasteiger partial charge in [0, 0.05) is 30.5 Å². The molecule has 25 heavy (non-hydrogen) atoms. The van der Waals surface area contributed by atoms with Crippen LogP contribution in [-0.2, 0) is 16.6 Å².